The van der Waals surface area contributed by atoms with Crippen molar-refractivity contribution in [3.05, 3.63) is 135 Å². The van der Waals surface area contributed by atoms with E-state index in [1.54, 1.807) is 33.2 Å². The molecule has 0 radical (unpaired) electrons. The number of pyridine rings is 1. The van der Waals surface area contributed by atoms with E-state index >= 15 is 4.39 Å². The SMILES string of the molecule is O=C1c2c(OCc3ccccc3)c(=O)ccn2N(C2c3ccccc3-c3sccc3-c3c(F)cccc32)C2COCCN12. The van der Waals surface area contributed by atoms with Gasteiger partial charge in [0.05, 0.1) is 19.3 Å². The van der Waals surface area contributed by atoms with E-state index in [0.717, 1.165) is 32.7 Å². The second-order valence-corrected chi connectivity index (χ2v) is 11.7. The number of carbonyl (C=O) groups is 1. The number of hydrogen-bond acceptors (Lipinski definition) is 6. The molecule has 43 heavy (non-hydrogen) atoms. The predicted molar refractivity (Wildman–Crippen MR) is 162 cm³/mol. The minimum atomic E-state index is -0.521. The van der Waals surface area contributed by atoms with Crippen LogP contribution < -0.4 is 15.2 Å². The van der Waals surface area contributed by atoms with Gasteiger partial charge in [0.15, 0.2) is 11.4 Å². The van der Waals surface area contributed by atoms with Crippen molar-refractivity contribution in [1.82, 2.24) is 9.58 Å². The van der Waals surface area contributed by atoms with E-state index in [9.17, 15) is 9.59 Å². The number of aromatic nitrogens is 1. The molecule has 3 aromatic carbocycles. The molecule has 2 aliphatic heterocycles. The molecule has 2 aromatic heterocycles. The van der Waals surface area contributed by atoms with Gasteiger partial charge in [-0.05, 0) is 39.8 Å². The van der Waals surface area contributed by atoms with Gasteiger partial charge in [-0.15, -0.1) is 11.3 Å². The van der Waals surface area contributed by atoms with Crippen LogP contribution in [-0.2, 0) is 11.3 Å². The number of thiophene rings is 1. The van der Waals surface area contributed by atoms with Crippen LogP contribution in [0.5, 0.6) is 5.75 Å². The number of rotatable bonds is 4. The van der Waals surface area contributed by atoms with Crippen LogP contribution in [0.2, 0.25) is 0 Å². The molecule has 1 aliphatic carbocycles. The molecule has 3 aliphatic rings. The van der Waals surface area contributed by atoms with E-state index < -0.39 is 12.2 Å². The second-order valence-electron chi connectivity index (χ2n) is 10.8. The molecule has 8 rings (SSSR count). The van der Waals surface area contributed by atoms with Gasteiger partial charge in [0.2, 0.25) is 5.43 Å². The van der Waals surface area contributed by atoms with E-state index in [1.807, 2.05) is 60.0 Å². The summed E-state index contributed by atoms with van der Waals surface area (Å²) in [6.07, 6.45) is 1.11. The largest absolute Gasteiger partial charge is 0.482 e. The molecule has 214 valence electrons. The Bertz CT molecular complexity index is 1940. The smallest absolute Gasteiger partial charge is 0.278 e. The van der Waals surface area contributed by atoms with E-state index in [2.05, 4.69) is 17.1 Å². The molecule has 2 unspecified atom stereocenters. The molecule has 7 nitrogen and oxygen atoms in total. The number of ether oxygens (including phenoxy) is 2. The summed E-state index contributed by atoms with van der Waals surface area (Å²) in [5, 5.41) is 4.04. The Hall–Kier alpha value is -4.73. The first kappa shape index (κ1) is 25.9. The van der Waals surface area contributed by atoms with E-state index in [1.165, 1.54) is 12.1 Å². The zero-order valence-corrected chi connectivity index (χ0v) is 23.8. The number of hydrogen-bond donors (Lipinski definition) is 0. The lowest BCUT2D eigenvalue weighted by Crippen LogP contribution is -2.66. The van der Waals surface area contributed by atoms with Gasteiger partial charge in [0, 0.05) is 34.8 Å². The fourth-order valence-corrected chi connectivity index (χ4v) is 7.50. The van der Waals surface area contributed by atoms with Gasteiger partial charge in [0.1, 0.15) is 18.6 Å². The molecule has 0 N–H and O–H groups in total. The third-order valence-electron chi connectivity index (χ3n) is 8.42. The number of carbonyl (C=O) groups excluding carboxylic acids is 1. The number of amides is 1. The second kappa shape index (κ2) is 10.2. The van der Waals surface area contributed by atoms with Gasteiger partial charge >= 0.3 is 0 Å². The first-order chi connectivity index (χ1) is 21.1. The van der Waals surface area contributed by atoms with E-state index in [-0.39, 0.29) is 41.8 Å². The number of morpholine rings is 1. The van der Waals surface area contributed by atoms with Crippen LogP contribution in [0.1, 0.15) is 33.2 Å². The van der Waals surface area contributed by atoms with Gasteiger partial charge in [-0.1, -0.05) is 66.7 Å². The summed E-state index contributed by atoms with van der Waals surface area (Å²) in [5.41, 5.74) is 4.74. The number of nitrogens with zero attached hydrogens (tertiary/aromatic N) is 3. The Balaban J connectivity index is 1.38. The summed E-state index contributed by atoms with van der Waals surface area (Å²) >= 11 is 1.58. The van der Waals surface area contributed by atoms with Gasteiger partial charge in [0.25, 0.3) is 5.91 Å². The van der Waals surface area contributed by atoms with Crippen LogP contribution in [-0.4, -0.2) is 41.4 Å². The molecule has 1 saturated heterocycles. The summed E-state index contributed by atoms with van der Waals surface area (Å²) < 4.78 is 29.7. The van der Waals surface area contributed by atoms with Gasteiger partial charge in [-0.2, -0.15) is 0 Å². The Labute approximate surface area is 250 Å². The van der Waals surface area contributed by atoms with Gasteiger partial charge in [-0.3, -0.25) is 19.3 Å². The molecule has 1 amide bonds. The minimum Gasteiger partial charge on any atom is -0.482 e. The quantitative estimate of drug-likeness (QED) is 0.264. The maximum Gasteiger partial charge on any atom is 0.278 e. The van der Waals surface area contributed by atoms with Crippen molar-refractivity contribution in [3.63, 3.8) is 0 Å². The van der Waals surface area contributed by atoms with Crippen LogP contribution in [0.4, 0.5) is 4.39 Å². The van der Waals surface area contributed by atoms with Crippen molar-refractivity contribution < 1.29 is 18.7 Å². The molecule has 0 saturated carbocycles. The summed E-state index contributed by atoms with van der Waals surface area (Å²) in [7, 11) is 0. The van der Waals surface area contributed by atoms with Crippen molar-refractivity contribution in [3.8, 4) is 27.3 Å². The molecule has 2 atom stereocenters. The van der Waals surface area contributed by atoms with Crippen molar-refractivity contribution in [2.45, 2.75) is 18.8 Å². The lowest BCUT2D eigenvalue weighted by atomic mass is 9.92. The average Bonchev–Trinajstić information content (AvgIpc) is 3.48. The maximum atomic E-state index is 15.9. The molecule has 4 heterocycles. The third kappa shape index (κ3) is 4.03. The number of fused-ring (bicyclic) bond motifs is 7. The van der Waals surface area contributed by atoms with Crippen molar-refractivity contribution in [2.75, 3.05) is 24.8 Å². The van der Waals surface area contributed by atoms with Crippen LogP contribution in [0, 0.1) is 5.82 Å². The minimum absolute atomic E-state index is 0.00761. The standard InChI is InChI=1S/C34H26FN3O4S/c35-26-12-6-11-24-29(26)25-14-18-43-33(25)23-10-5-4-9-22(23)30(24)38-28-20-41-17-16-36(28)34(40)31-32(27(39)13-15-37(31)38)42-19-21-7-2-1-3-8-21/h1-15,18,28,30H,16-17,19-20H2. The number of benzene rings is 3. The summed E-state index contributed by atoms with van der Waals surface area (Å²) in [5.74, 6) is -0.621. The Morgan fingerprint density at radius 2 is 1.72 bits per heavy atom. The number of halogens is 1. The molecule has 5 aromatic rings. The highest BCUT2D eigenvalue weighted by Crippen LogP contribution is 2.50. The first-order valence-corrected chi connectivity index (χ1v) is 15.0. The van der Waals surface area contributed by atoms with Crippen molar-refractivity contribution in [1.29, 1.82) is 0 Å². The lowest BCUT2D eigenvalue weighted by Gasteiger charge is -2.51. The van der Waals surface area contributed by atoms with Crippen LogP contribution in [0.25, 0.3) is 21.6 Å². The van der Waals surface area contributed by atoms with Crippen LogP contribution in [0.15, 0.2) is 101 Å². The molecule has 9 heteroatoms. The highest BCUT2D eigenvalue weighted by molar-refractivity contribution is 7.14. The first-order valence-electron chi connectivity index (χ1n) is 14.2. The van der Waals surface area contributed by atoms with Gasteiger partial charge in [-0.25, -0.2) is 4.39 Å². The summed E-state index contributed by atoms with van der Waals surface area (Å²) in [6, 6.07) is 25.7. The maximum absolute atomic E-state index is 15.9. The van der Waals surface area contributed by atoms with Crippen molar-refractivity contribution in [2.24, 2.45) is 0 Å². The topological polar surface area (TPSA) is 64.0 Å². The Morgan fingerprint density at radius 3 is 2.60 bits per heavy atom. The normalized spacial score (nSPS) is 18.6. The molecule has 1 fully saturated rings. The fourth-order valence-electron chi connectivity index (χ4n) is 6.55. The summed E-state index contributed by atoms with van der Waals surface area (Å²) in [6.45, 7) is 1.10. The third-order valence-corrected chi connectivity index (χ3v) is 9.37. The molecular formula is C34H26FN3O4S. The van der Waals surface area contributed by atoms with Gasteiger partial charge < -0.3 is 14.4 Å². The van der Waals surface area contributed by atoms with Crippen molar-refractivity contribution >= 4 is 17.2 Å². The Kier molecular flexibility index (Phi) is 6.16. The average molecular weight is 592 g/mol. The Morgan fingerprint density at radius 1 is 0.907 bits per heavy atom. The highest BCUT2D eigenvalue weighted by Gasteiger charge is 2.46. The van der Waals surface area contributed by atoms with E-state index in [0.29, 0.717) is 18.7 Å². The monoisotopic (exact) mass is 591 g/mol. The zero-order valence-electron chi connectivity index (χ0n) is 23.0. The molecular weight excluding hydrogens is 565 g/mol. The lowest BCUT2D eigenvalue weighted by molar-refractivity contribution is -0.0197. The highest BCUT2D eigenvalue weighted by atomic mass is 32.1. The predicted octanol–water partition coefficient (Wildman–Crippen LogP) is 5.82. The van der Waals surface area contributed by atoms with E-state index in [4.69, 9.17) is 9.47 Å². The molecule has 0 bridgehead atoms. The molecule has 0 spiro atoms. The van der Waals surface area contributed by atoms with Crippen LogP contribution in [0.3, 0.4) is 0 Å². The summed E-state index contributed by atoms with van der Waals surface area (Å²) in [4.78, 5) is 30.2. The zero-order chi connectivity index (χ0) is 29.1. The fraction of sp³-hybridized carbons (Fsp3) is 0.176. The van der Waals surface area contributed by atoms with Crippen LogP contribution >= 0.6 is 11.3 Å².